The maximum Gasteiger partial charge on any atom is 0.348 e. The fourth-order valence-electron chi connectivity index (χ4n) is 1.14. The van der Waals surface area contributed by atoms with Gasteiger partial charge < -0.3 is 9.84 Å². The van der Waals surface area contributed by atoms with Gasteiger partial charge in [0, 0.05) is 6.42 Å². The molecule has 0 bridgehead atoms. The minimum atomic E-state index is -0.383. The zero-order valence-electron chi connectivity index (χ0n) is 7.71. The van der Waals surface area contributed by atoms with E-state index in [1.165, 1.54) is 11.8 Å². The van der Waals surface area contributed by atoms with Gasteiger partial charge in [-0.25, -0.2) is 4.79 Å². The maximum absolute atomic E-state index is 11.3. The zero-order valence-corrected chi connectivity index (χ0v) is 8.52. The molecule has 1 N–H and O–H groups in total. The van der Waals surface area contributed by atoms with Crippen LogP contribution in [0.4, 0.5) is 0 Å². The van der Waals surface area contributed by atoms with Crippen molar-refractivity contribution in [2.24, 2.45) is 0 Å². The van der Waals surface area contributed by atoms with Gasteiger partial charge >= 0.3 is 5.97 Å². The second-order valence-corrected chi connectivity index (χ2v) is 3.91. The molecule has 0 spiro atoms. The van der Waals surface area contributed by atoms with Crippen LogP contribution in [0.1, 0.15) is 26.2 Å². The highest BCUT2D eigenvalue weighted by Gasteiger charge is 2.19. The van der Waals surface area contributed by atoms with E-state index in [-0.39, 0.29) is 11.7 Å². The summed E-state index contributed by atoms with van der Waals surface area (Å²) in [5.74, 6) is 0.700. The summed E-state index contributed by atoms with van der Waals surface area (Å²) in [6.07, 6.45) is 2.58. The Balaban J connectivity index is 2.67. The largest absolute Gasteiger partial charge is 0.511 e. The Labute approximate surface area is 82.2 Å². The van der Waals surface area contributed by atoms with Crippen LogP contribution in [0.2, 0.25) is 0 Å². The molecule has 0 unspecified atom stereocenters. The van der Waals surface area contributed by atoms with E-state index in [1.807, 2.05) is 0 Å². The van der Waals surface area contributed by atoms with Gasteiger partial charge in [-0.3, -0.25) is 0 Å². The van der Waals surface area contributed by atoms with Crippen LogP contribution in [0, 0.1) is 0 Å². The topological polar surface area (TPSA) is 46.5 Å². The second-order valence-electron chi connectivity index (χ2n) is 2.80. The molecule has 1 heterocycles. The number of esters is 1. The first-order valence-corrected chi connectivity index (χ1v) is 5.46. The van der Waals surface area contributed by atoms with E-state index >= 15 is 0 Å². The SMILES string of the molecule is CCOC(=O)C1=C(O)CCCCS1. The van der Waals surface area contributed by atoms with E-state index in [9.17, 15) is 9.90 Å². The number of aliphatic hydroxyl groups excluding tert-OH is 1. The van der Waals surface area contributed by atoms with Crippen LogP contribution in [0.25, 0.3) is 0 Å². The normalized spacial score (nSPS) is 18.2. The van der Waals surface area contributed by atoms with Crippen molar-refractivity contribution in [2.75, 3.05) is 12.4 Å². The summed E-state index contributed by atoms with van der Waals surface area (Å²) in [4.78, 5) is 11.7. The summed E-state index contributed by atoms with van der Waals surface area (Å²) in [5, 5.41) is 9.50. The minimum Gasteiger partial charge on any atom is -0.511 e. The number of aliphatic hydroxyl groups is 1. The van der Waals surface area contributed by atoms with Gasteiger partial charge in [0.1, 0.15) is 10.7 Å². The van der Waals surface area contributed by atoms with E-state index in [0.717, 1.165) is 18.6 Å². The third-order valence-electron chi connectivity index (χ3n) is 1.78. The molecule has 0 fully saturated rings. The van der Waals surface area contributed by atoms with Crippen molar-refractivity contribution in [3.8, 4) is 0 Å². The van der Waals surface area contributed by atoms with Gasteiger partial charge in [-0.2, -0.15) is 0 Å². The number of hydrogen-bond acceptors (Lipinski definition) is 4. The molecule has 13 heavy (non-hydrogen) atoms. The molecule has 1 aliphatic heterocycles. The molecule has 4 heteroatoms. The highest BCUT2D eigenvalue weighted by molar-refractivity contribution is 8.04. The van der Waals surface area contributed by atoms with Crippen LogP contribution >= 0.6 is 11.8 Å². The molecule has 0 radical (unpaired) electrons. The quantitative estimate of drug-likeness (QED) is 0.697. The van der Waals surface area contributed by atoms with Crippen molar-refractivity contribution in [2.45, 2.75) is 26.2 Å². The highest BCUT2D eigenvalue weighted by atomic mass is 32.2. The molecular formula is C9H14O3S. The first-order valence-electron chi connectivity index (χ1n) is 4.47. The van der Waals surface area contributed by atoms with E-state index in [2.05, 4.69) is 0 Å². The predicted octanol–water partition coefficient (Wildman–Crippen LogP) is 2.24. The van der Waals surface area contributed by atoms with Gasteiger partial charge in [-0.1, -0.05) is 0 Å². The number of allylic oxidation sites excluding steroid dienone is 1. The van der Waals surface area contributed by atoms with E-state index in [1.54, 1.807) is 6.92 Å². The molecule has 3 nitrogen and oxygen atoms in total. The Morgan fingerprint density at radius 1 is 1.62 bits per heavy atom. The second kappa shape index (κ2) is 5.17. The Morgan fingerprint density at radius 2 is 2.38 bits per heavy atom. The predicted molar refractivity (Wildman–Crippen MR) is 52.6 cm³/mol. The lowest BCUT2D eigenvalue weighted by molar-refractivity contribution is -0.137. The Hall–Kier alpha value is -0.640. The van der Waals surface area contributed by atoms with Gasteiger partial charge in [0.05, 0.1) is 6.61 Å². The van der Waals surface area contributed by atoms with Crippen LogP contribution in [-0.2, 0) is 9.53 Å². The highest BCUT2D eigenvalue weighted by Crippen LogP contribution is 2.28. The molecule has 0 aromatic heterocycles. The summed E-state index contributed by atoms with van der Waals surface area (Å²) in [7, 11) is 0. The third kappa shape index (κ3) is 2.95. The number of carbonyl (C=O) groups is 1. The van der Waals surface area contributed by atoms with Gasteiger partial charge in [0.25, 0.3) is 0 Å². The summed E-state index contributed by atoms with van der Waals surface area (Å²) in [5.41, 5.74) is 0. The molecule has 0 saturated heterocycles. The Bertz CT molecular complexity index is 223. The zero-order chi connectivity index (χ0) is 9.68. The minimum absolute atomic E-state index is 0.195. The maximum atomic E-state index is 11.3. The molecule has 0 amide bonds. The molecule has 1 rings (SSSR count). The van der Waals surface area contributed by atoms with Gasteiger partial charge in [0.2, 0.25) is 0 Å². The fraction of sp³-hybridized carbons (Fsp3) is 0.667. The first-order chi connectivity index (χ1) is 6.25. The lowest BCUT2D eigenvalue weighted by Gasteiger charge is -2.05. The van der Waals surface area contributed by atoms with Crippen LogP contribution in [0.3, 0.4) is 0 Å². The van der Waals surface area contributed by atoms with Crippen LogP contribution in [-0.4, -0.2) is 23.4 Å². The number of rotatable bonds is 2. The average molecular weight is 202 g/mol. The van der Waals surface area contributed by atoms with Crippen molar-refractivity contribution in [1.29, 1.82) is 0 Å². The lowest BCUT2D eigenvalue weighted by Crippen LogP contribution is -2.07. The Morgan fingerprint density at radius 3 is 3.08 bits per heavy atom. The molecule has 0 aromatic carbocycles. The fourth-order valence-corrected chi connectivity index (χ4v) is 2.14. The molecule has 0 atom stereocenters. The van der Waals surface area contributed by atoms with Crippen molar-refractivity contribution in [1.82, 2.24) is 0 Å². The Kier molecular flexibility index (Phi) is 4.15. The third-order valence-corrected chi connectivity index (χ3v) is 2.96. The number of ether oxygens (including phenoxy) is 1. The van der Waals surface area contributed by atoms with Crippen LogP contribution in [0.5, 0.6) is 0 Å². The molecule has 74 valence electrons. The van der Waals surface area contributed by atoms with Crippen LogP contribution in [0.15, 0.2) is 10.7 Å². The van der Waals surface area contributed by atoms with E-state index in [0.29, 0.717) is 17.9 Å². The van der Waals surface area contributed by atoms with Crippen molar-refractivity contribution >= 4 is 17.7 Å². The first kappa shape index (κ1) is 10.4. The number of hydrogen-bond donors (Lipinski definition) is 1. The summed E-state index contributed by atoms with van der Waals surface area (Å²) < 4.78 is 4.83. The van der Waals surface area contributed by atoms with E-state index in [4.69, 9.17) is 4.74 Å². The van der Waals surface area contributed by atoms with Gasteiger partial charge in [0.15, 0.2) is 0 Å². The number of thioether (sulfide) groups is 1. The van der Waals surface area contributed by atoms with Crippen molar-refractivity contribution in [3.05, 3.63) is 10.7 Å². The van der Waals surface area contributed by atoms with Gasteiger partial charge in [-0.15, -0.1) is 11.8 Å². The summed E-state index contributed by atoms with van der Waals surface area (Å²) in [6.45, 7) is 2.12. The molecule has 0 saturated carbocycles. The monoisotopic (exact) mass is 202 g/mol. The standard InChI is InChI=1S/C9H14O3S/c1-2-12-9(11)8-7(10)5-3-4-6-13-8/h10H,2-6H2,1H3. The molecule has 0 aromatic rings. The molecule has 0 aliphatic carbocycles. The molecule has 1 aliphatic rings. The summed E-state index contributed by atoms with van der Waals surface area (Å²) >= 11 is 1.40. The van der Waals surface area contributed by atoms with Crippen LogP contribution < -0.4 is 0 Å². The summed E-state index contributed by atoms with van der Waals surface area (Å²) in [6, 6.07) is 0. The lowest BCUT2D eigenvalue weighted by atomic mass is 10.2. The molecular weight excluding hydrogens is 188 g/mol. The van der Waals surface area contributed by atoms with Crippen molar-refractivity contribution in [3.63, 3.8) is 0 Å². The van der Waals surface area contributed by atoms with E-state index < -0.39 is 0 Å². The number of carbonyl (C=O) groups excluding carboxylic acids is 1. The van der Waals surface area contributed by atoms with Gasteiger partial charge in [-0.05, 0) is 25.5 Å². The average Bonchev–Trinajstić information content (AvgIpc) is 2.30. The van der Waals surface area contributed by atoms with Crippen molar-refractivity contribution < 1.29 is 14.6 Å². The smallest absolute Gasteiger partial charge is 0.348 e.